The van der Waals surface area contributed by atoms with Crippen LogP contribution in [0.2, 0.25) is 0 Å². The number of aromatic nitrogens is 2. The van der Waals surface area contributed by atoms with E-state index in [1.165, 1.54) is 6.07 Å². The molecular weight excluding hydrogens is 358 g/mol. The molecule has 1 N–H and O–H groups in total. The quantitative estimate of drug-likeness (QED) is 0.699. The molecule has 5 nitrogen and oxygen atoms in total. The number of nitrogens with zero attached hydrogens (tertiary/aromatic N) is 3. The van der Waals surface area contributed by atoms with Gasteiger partial charge < -0.3 is 9.88 Å². The van der Waals surface area contributed by atoms with Crippen molar-refractivity contribution in [3.05, 3.63) is 64.8 Å². The van der Waals surface area contributed by atoms with Crippen molar-refractivity contribution < 1.29 is 13.6 Å². The zero-order chi connectivity index (χ0) is 18.3. The van der Waals surface area contributed by atoms with Crippen LogP contribution in [0.3, 0.4) is 0 Å². The molecule has 1 fully saturated rings. The predicted octanol–water partition coefficient (Wildman–Crippen LogP) is 3.74. The number of thioether (sulfide) groups is 1. The van der Waals surface area contributed by atoms with E-state index >= 15 is 0 Å². The predicted molar refractivity (Wildman–Crippen MR) is 97.9 cm³/mol. The van der Waals surface area contributed by atoms with Gasteiger partial charge in [-0.05, 0) is 47.7 Å². The summed E-state index contributed by atoms with van der Waals surface area (Å²) in [5, 5.41) is 2.66. The molecule has 0 spiro atoms. The second kappa shape index (κ2) is 6.38. The van der Waals surface area contributed by atoms with Crippen LogP contribution >= 0.6 is 11.8 Å². The number of amidine groups is 1. The molecule has 2 aromatic carbocycles. The highest BCUT2D eigenvalue weighted by Gasteiger charge is 2.24. The van der Waals surface area contributed by atoms with E-state index in [1.54, 1.807) is 12.4 Å². The molecule has 1 aliphatic heterocycles. The number of aryl methyl sites for hydroxylation is 1. The van der Waals surface area contributed by atoms with Crippen LogP contribution in [0.15, 0.2) is 52.6 Å². The molecule has 1 amide bonds. The van der Waals surface area contributed by atoms with E-state index in [4.69, 9.17) is 0 Å². The maximum Gasteiger partial charge on any atom is 0.264 e. The SMILES string of the molecule is Cn1cnc2ccc(/C=C3\SC(=Nc4c(F)cccc4F)NC3=O)cc21. The van der Waals surface area contributed by atoms with Gasteiger partial charge >= 0.3 is 0 Å². The van der Waals surface area contributed by atoms with Gasteiger partial charge in [0.1, 0.15) is 5.69 Å². The van der Waals surface area contributed by atoms with E-state index in [0.29, 0.717) is 4.91 Å². The van der Waals surface area contributed by atoms with E-state index in [-0.39, 0.29) is 11.1 Å². The van der Waals surface area contributed by atoms with Crippen LogP contribution in [0, 0.1) is 11.6 Å². The average Bonchev–Trinajstić information content (AvgIpc) is 3.14. The fourth-order valence-corrected chi connectivity index (χ4v) is 3.39. The lowest BCUT2D eigenvalue weighted by Gasteiger charge is -1.99. The van der Waals surface area contributed by atoms with Crippen LogP contribution in [0.5, 0.6) is 0 Å². The number of hydrogen-bond donors (Lipinski definition) is 1. The summed E-state index contributed by atoms with van der Waals surface area (Å²) in [4.78, 5) is 20.7. The molecule has 130 valence electrons. The first-order valence-electron chi connectivity index (χ1n) is 7.66. The van der Waals surface area contributed by atoms with Crippen LogP contribution in [0.1, 0.15) is 5.56 Å². The molecule has 4 rings (SSSR count). The van der Waals surface area contributed by atoms with Crippen LogP contribution in [0.25, 0.3) is 17.1 Å². The molecular formula is C18H12F2N4OS. The Morgan fingerprint density at radius 1 is 1.23 bits per heavy atom. The summed E-state index contributed by atoms with van der Waals surface area (Å²) in [5.74, 6) is -1.94. The number of carbonyl (C=O) groups excluding carboxylic acids is 1. The Morgan fingerprint density at radius 2 is 2.00 bits per heavy atom. The number of halogens is 2. The smallest absolute Gasteiger partial charge is 0.264 e. The molecule has 1 saturated heterocycles. The van der Waals surface area contributed by atoms with Gasteiger partial charge in [-0.1, -0.05) is 12.1 Å². The van der Waals surface area contributed by atoms with Gasteiger partial charge in [-0.25, -0.2) is 18.8 Å². The number of benzene rings is 2. The normalized spacial score (nSPS) is 17.4. The lowest BCUT2D eigenvalue weighted by atomic mass is 10.2. The van der Waals surface area contributed by atoms with E-state index in [0.717, 1.165) is 40.5 Å². The van der Waals surface area contributed by atoms with Gasteiger partial charge in [0.25, 0.3) is 5.91 Å². The van der Waals surface area contributed by atoms with Crippen molar-refractivity contribution in [2.75, 3.05) is 0 Å². The number of nitrogens with one attached hydrogen (secondary N) is 1. The summed E-state index contributed by atoms with van der Waals surface area (Å²) in [6.07, 6.45) is 3.42. The van der Waals surface area contributed by atoms with Crippen molar-refractivity contribution in [2.45, 2.75) is 0 Å². The Morgan fingerprint density at radius 3 is 2.77 bits per heavy atom. The maximum absolute atomic E-state index is 13.7. The summed E-state index contributed by atoms with van der Waals surface area (Å²) < 4.78 is 29.3. The topological polar surface area (TPSA) is 59.3 Å². The van der Waals surface area contributed by atoms with Crippen molar-refractivity contribution >= 4 is 45.6 Å². The average molecular weight is 370 g/mol. The van der Waals surface area contributed by atoms with E-state index in [1.807, 2.05) is 29.8 Å². The summed E-state index contributed by atoms with van der Waals surface area (Å²) in [6, 6.07) is 9.11. The van der Waals surface area contributed by atoms with Gasteiger partial charge in [-0.2, -0.15) is 0 Å². The Bertz CT molecular complexity index is 1080. The number of para-hydroxylation sites is 1. The minimum atomic E-state index is -0.786. The van der Waals surface area contributed by atoms with Crippen molar-refractivity contribution in [3.63, 3.8) is 0 Å². The zero-order valence-electron chi connectivity index (χ0n) is 13.5. The minimum absolute atomic E-state index is 0.131. The van der Waals surface area contributed by atoms with Crippen molar-refractivity contribution in [2.24, 2.45) is 12.0 Å². The first-order chi connectivity index (χ1) is 12.5. The molecule has 8 heteroatoms. The lowest BCUT2D eigenvalue weighted by molar-refractivity contribution is -0.115. The molecule has 0 radical (unpaired) electrons. The summed E-state index contributed by atoms with van der Waals surface area (Å²) in [5.41, 5.74) is 2.19. The van der Waals surface area contributed by atoms with Crippen molar-refractivity contribution in [1.82, 2.24) is 14.9 Å². The van der Waals surface area contributed by atoms with Crippen LogP contribution < -0.4 is 5.32 Å². The Labute approximate surface area is 151 Å². The van der Waals surface area contributed by atoms with E-state index in [2.05, 4.69) is 15.3 Å². The highest BCUT2D eigenvalue weighted by Crippen LogP contribution is 2.30. The van der Waals surface area contributed by atoms with Gasteiger partial charge in [-0.3, -0.25) is 4.79 Å². The van der Waals surface area contributed by atoms with Gasteiger partial charge in [0.05, 0.1) is 22.3 Å². The molecule has 0 bridgehead atoms. The molecule has 3 aromatic rings. The second-order valence-corrected chi connectivity index (χ2v) is 6.69. The zero-order valence-corrected chi connectivity index (χ0v) is 14.3. The third-order valence-corrected chi connectivity index (χ3v) is 4.76. The number of imidazole rings is 1. The number of hydrogen-bond acceptors (Lipinski definition) is 4. The highest BCUT2D eigenvalue weighted by atomic mass is 32.2. The standard InChI is InChI=1S/C18H12F2N4OS/c1-24-9-21-13-6-5-10(7-14(13)24)8-15-17(25)23-18(26-15)22-16-11(19)3-2-4-12(16)20/h2-9H,1H3,(H,22,23,25)/b15-8-. The summed E-state index contributed by atoms with van der Waals surface area (Å²) in [7, 11) is 1.89. The molecule has 2 heterocycles. The fourth-order valence-electron chi connectivity index (χ4n) is 2.56. The Balaban J connectivity index is 1.66. The minimum Gasteiger partial charge on any atom is -0.334 e. The van der Waals surface area contributed by atoms with Crippen LogP contribution in [-0.4, -0.2) is 20.6 Å². The first kappa shape index (κ1) is 16.5. The molecule has 0 saturated carbocycles. The molecule has 1 aromatic heterocycles. The monoisotopic (exact) mass is 370 g/mol. The first-order valence-corrected chi connectivity index (χ1v) is 8.47. The van der Waals surface area contributed by atoms with Crippen LogP contribution in [0.4, 0.5) is 14.5 Å². The van der Waals surface area contributed by atoms with Gasteiger partial charge in [0.15, 0.2) is 16.8 Å². The third-order valence-electron chi connectivity index (χ3n) is 3.85. The van der Waals surface area contributed by atoms with Crippen LogP contribution in [-0.2, 0) is 11.8 Å². The fraction of sp³-hybridized carbons (Fsp3) is 0.0556. The summed E-state index contributed by atoms with van der Waals surface area (Å²) >= 11 is 1.03. The number of amides is 1. The number of aliphatic imine (C=N–C) groups is 1. The second-order valence-electron chi connectivity index (χ2n) is 5.66. The third kappa shape index (κ3) is 2.99. The number of rotatable bonds is 2. The van der Waals surface area contributed by atoms with Gasteiger partial charge in [0.2, 0.25) is 0 Å². The maximum atomic E-state index is 13.7. The van der Waals surface area contributed by atoms with Crippen molar-refractivity contribution in [3.8, 4) is 0 Å². The molecule has 0 aliphatic carbocycles. The van der Waals surface area contributed by atoms with E-state index in [9.17, 15) is 13.6 Å². The molecule has 0 atom stereocenters. The molecule has 1 aliphatic rings. The number of fused-ring (bicyclic) bond motifs is 1. The number of carbonyl (C=O) groups is 1. The summed E-state index contributed by atoms with van der Waals surface area (Å²) in [6.45, 7) is 0. The molecule has 26 heavy (non-hydrogen) atoms. The molecule has 0 unspecified atom stereocenters. The van der Waals surface area contributed by atoms with Gasteiger partial charge in [0, 0.05) is 7.05 Å². The van der Waals surface area contributed by atoms with Gasteiger partial charge in [-0.15, -0.1) is 0 Å². The van der Waals surface area contributed by atoms with E-state index < -0.39 is 17.3 Å². The lowest BCUT2D eigenvalue weighted by Crippen LogP contribution is -2.19. The Kier molecular flexibility index (Phi) is 4.04. The Hall–Kier alpha value is -3.00. The van der Waals surface area contributed by atoms with Crippen molar-refractivity contribution in [1.29, 1.82) is 0 Å². The largest absolute Gasteiger partial charge is 0.334 e. The highest BCUT2D eigenvalue weighted by molar-refractivity contribution is 8.18.